The molecule has 4 rings (SSSR count). The van der Waals surface area contributed by atoms with Gasteiger partial charge in [0.25, 0.3) is 15.6 Å². The highest BCUT2D eigenvalue weighted by atomic mass is 35.5. The largest absolute Gasteiger partial charge is 0.497 e. The molecule has 0 unspecified atom stereocenters. The zero-order valence-corrected chi connectivity index (χ0v) is 19.2. The van der Waals surface area contributed by atoms with E-state index in [-0.39, 0.29) is 24.8 Å². The first-order valence-electron chi connectivity index (χ1n) is 9.77. The Hall–Kier alpha value is -3.96. The molecule has 0 aliphatic rings. The molecule has 1 N–H and O–H groups in total. The molecule has 1 amide bonds. The van der Waals surface area contributed by atoms with Crippen molar-refractivity contribution in [3.63, 3.8) is 0 Å². The summed E-state index contributed by atoms with van der Waals surface area (Å²) in [6.45, 7) is -0.580. The highest BCUT2D eigenvalue weighted by Gasteiger charge is 2.26. The minimum Gasteiger partial charge on any atom is -0.497 e. The summed E-state index contributed by atoms with van der Waals surface area (Å²) < 4.78 is 32.6. The lowest BCUT2D eigenvalue weighted by Crippen LogP contribution is -2.45. The van der Waals surface area contributed by atoms with Gasteiger partial charge in [-0.3, -0.25) is 19.1 Å². The molecule has 12 heteroatoms. The Morgan fingerprint density at radius 3 is 2.50 bits per heavy atom. The summed E-state index contributed by atoms with van der Waals surface area (Å²) in [6.07, 6.45) is 2.93. The van der Waals surface area contributed by atoms with E-state index in [1.54, 1.807) is 12.1 Å². The molecule has 2 heterocycles. The monoisotopic (exact) mass is 500 g/mol. The number of benzene rings is 2. The van der Waals surface area contributed by atoms with Crippen molar-refractivity contribution in [1.29, 1.82) is 0 Å². The SMILES string of the molecule is COc1ccc(S(=O)(=O)n2c(=O)c3ccc(Cl)cc3n(CC(=O)Nc3cccnc3)c2=O)cc1. The van der Waals surface area contributed by atoms with E-state index < -0.39 is 33.7 Å². The molecule has 2 aromatic heterocycles. The van der Waals surface area contributed by atoms with Crippen molar-refractivity contribution in [3.05, 3.63) is 92.9 Å². The van der Waals surface area contributed by atoms with Crippen LogP contribution in [-0.2, 0) is 21.4 Å². The van der Waals surface area contributed by atoms with Crippen molar-refractivity contribution in [2.24, 2.45) is 0 Å². The number of hydrogen-bond acceptors (Lipinski definition) is 7. The maximum absolute atomic E-state index is 13.3. The summed E-state index contributed by atoms with van der Waals surface area (Å²) in [7, 11) is -3.19. The lowest BCUT2D eigenvalue weighted by Gasteiger charge is -2.15. The van der Waals surface area contributed by atoms with Crippen LogP contribution in [0, 0.1) is 0 Å². The fourth-order valence-corrected chi connectivity index (χ4v) is 4.79. The molecule has 4 aromatic rings. The summed E-state index contributed by atoms with van der Waals surface area (Å²) in [5.74, 6) is -0.243. The molecular weight excluding hydrogens is 484 g/mol. The normalized spacial score (nSPS) is 11.4. The van der Waals surface area contributed by atoms with Crippen molar-refractivity contribution in [1.82, 2.24) is 13.5 Å². The van der Waals surface area contributed by atoms with Gasteiger partial charge in [-0.1, -0.05) is 11.6 Å². The fourth-order valence-electron chi connectivity index (χ4n) is 3.32. The first-order chi connectivity index (χ1) is 16.2. The number of rotatable bonds is 6. The highest BCUT2D eigenvalue weighted by Crippen LogP contribution is 2.19. The molecule has 174 valence electrons. The van der Waals surface area contributed by atoms with Crippen LogP contribution in [0.5, 0.6) is 5.75 Å². The van der Waals surface area contributed by atoms with E-state index in [4.69, 9.17) is 16.3 Å². The molecule has 0 saturated heterocycles. The van der Waals surface area contributed by atoms with Crippen LogP contribution >= 0.6 is 11.6 Å². The van der Waals surface area contributed by atoms with Crippen molar-refractivity contribution >= 4 is 44.1 Å². The van der Waals surface area contributed by atoms with Gasteiger partial charge in [0.1, 0.15) is 12.3 Å². The van der Waals surface area contributed by atoms with Crippen LogP contribution in [0.2, 0.25) is 5.02 Å². The predicted molar refractivity (Wildman–Crippen MR) is 126 cm³/mol. The van der Waals surface area contributed by atoms with Gasteiger partial charge < -0.3 is 10.1 Å². The number of amides is 1. The van der Waals surface area contributed by atoms with E-state index in [0.717, 1.165) is 4.57 Å². The molecule has 0 saturated carbocycles. The summed E-state index contributed by atoms with van der Waals surface area (Å²) in [5.41, 5.74) is -1.87. The van der Waals surface area contributed by atoms with Crippen LogP contribution in [0.1, 0.15) is 0 Å². The Morgan fingerprint density at radius 1 is 1.12 bits per heavy atom. The Morgan fingerprint density at radius 2 is 1.85 bits per heavy atom. The predicted octanol–water partition coefficient (Wildman–Crippen LogP) is 2.10. The second-order valence-electron chi connectivity index (χ2n) is 7.07. The molecule has 0 aliphatic carbocycles. The van der Waals surface area contributed by atoms with Crippen molar-refractivity contribution in [2.75, 3.05) is 12.4 Å². The van der Waals surface area contributed by atoms with Crippen LogP contribution in [0.4, 0.5) is 5.69 Å². The third-order valence-electron chi connectivity index (χ3n) is 4.91. The molecular formula is C22H17ClN4O6S. The Bertz CT molecular complexity index is 1610. The van der Waals surface area contributed by atoms with Crippen molar-refractivity contribution in [2.45, 2.75) is 11.4 Å². The number of aromatic nitrogens is 3. The molecule has 10 nitrogen and oxygen atoms in total. The summed E-state index contributed by atoms with van der Waals surface area (Å²) in [6, 6.07) is 12.4. The lowest BCUT2D eigenvalue weighted by molar-refractivity contribution is -0.116. The number of nitrogens with zero attached hydrogens (tertiary/aromatic N) is 3. The van der Waals surface area contributed by atoms with E-state index in [0.29, 0.717) is 11.4 Å². The number of fused-ring (bicyclic) bond motifs is 1. The number of hydrogen-bond donors (Lipinski definition) is 1. The van der Waals surface area contributed by atoms with E-state index in [9.17, 15) is 22.8 Å². The maximum atomic E-state index is 13.3. The average molecular weight is 501 g/mol. The Labute approximate surface area is 198 Å². The van der Waals surface area contributed by atoms with Crippen LogP contribution in [0.15, 0.2) is 81.5 Å². The van der Waals surface area contributed by atoms with E-state index >= 15 is 0 Å². The smallest absolute Gasteiger partial charge is 0.346 e. The summed E-state index contributed by atoms with van der Waals surface area (Å²) >= 11 is 6.05. The van der Waals surface area contributed by atoms with Crippen LogP contribution in [0.25, 0.3) is 10.9 Å². The zero-order valence-electron chi connectivity index (χ0n) is 17.6. The van der Waals surface area contributed by atoms with Gasteiger partial charge in [0.2, 0.25) is 5.91 Å². The molecule has 34 heavy (non-hydrogen) atoms. The van der Waals surface area contributed by atoms with Gasteiger partial charge in [0, 0.05) is 11.2 Å². The highest BCUT2D eigenvalue weighted by molar-refractivity contribution is 7.90. The van der Waals surface area contributed by atoms with Gasteiger partial charge in [-0.15, -0.1) is 3.97 Å². The molecule has 0 atom stereocenters. The first kappa shape index (κ1) is 23.2. The number of carbonyl (C=O) groups excluding carboxylic acids is 1. The van der Waals surface area contributed by atoms with Gasteiger partial charge in [-0.25, -0.2) is 13.2 Å². The van der Waals surface area contributed by atoms with E-state index in [1.807, 2.05) is 0 Å². The van der Waals surface area contributed by atoms with Crippen molar-refractivity contribution in [3.8, 4) is 5.75 Å². The second-order valence-corrected chi connectivity index (χ2v) is 9.29. The molecule has 0 radical (unpaired) electrons. The standard InChI is InChI=1S/C22H17ClN4O6S/c1-33-16-5-7-17(8-6-16)34(31,32)27-21(29)18-9-4-14(23)11-19(18)26(22(27)30)13-20(28)25-15-3-2-10-24-12-15/h2-12H,13H2,1H3,(H,25,28). The average Bonchev–Trinajstić information content (AvgIpc) is 2.82. The zero-order chi connectivity index (χ0) is 24.5. The Balaban J connectivity index is 1.90. The van der Waals surface area contributed by atoms with E-state index in [2.05, 4.69) is 10.3 Å². The van der Waals surface area contributed by atoms with Crippen molar-refractivity contribution < 1.29 is 17.9 Å². The van der Waals surface area contributed by atoms with Gasteiger partial charge in [-0.05, 0) is 54.6 Å². The molecule has 0 aliphatic heterocycles. The fraction of sp³-hybridized carbons (Fsp3) is 0.0909. The number of pyridine rings is 1. The summed E-state index contributed by atoms with van der Waals surface area (Å²) in [5, 5.41) is 2.67. The minimum absolute atomic E-state index is 0.0185. The number of methoxy groups -OCH3 is 1. The number of carbonyl (C=O) groups is 1. The van der Waals surface area contributed by atoms with E-state index in [1.165, 1.54) is 62.0 Å². The number of ether oxygens (including phenoxy) is 1. The third kappa shape index (κ3) is 4.30. The molecule has 0 spiro atoms. The van der Waals surface area contributed by atoms with Crippen LogP contribution in [-0.4, -0.2) is 35.0 Å². The lowest BCUT2D eigenvalue weighted by atomic mass is 10.2. The first-order valence-corrected chi connectivity index (χ1v) is 11.6. The third-order valence-corrected chi connectivity index (χ3v) is 6.82. The van der Waals surface area contributed by atoms with Gasteiger partial charge in [-0.2, -0.15) is 0 Å². The minimum atomic E-state index is -4.60. The molecule has 0 fully saturated rings. The number of nitrogens with one attached hydrogen (secondary N) is 1. The topological polar surface area (TPSA) is 129 Å². The van der Waals surface area contributed by atoms with Gasteiger partial charge in [0.15, 0.2) is 0 Å². The quantitative estimate of drug-likeness (QED) is 0.429. The summed E-state index contributed by atoms with van der Waals surface area (Å²) in [4.78, 5) is 42.7. The molecule has 2 aromatic carbocycles. The van der Waals surface area contributed by atoms with Crippen LogP contribution in [0.3, 0.4) is 0 Å². The Kier molecular flexibility index (Phi) is 6.22. The number of halogens is 1. The maximum Gasteiger partial charge on any atom is 0.346 e. The van der Waals surface area contributed by atoms with Crippen LogP contribution < -0.4 is 21.3 Å². The molecule has 0 bridgehead atoms. The van der Waals surface area contributed by atoms with Gasteiger partial charge in [0.05, 0.1) is 34.8 Å². The van der Waals surface area contributed by atoms with Gasteiger partial charge >= 0.3 is 5.69 Å². The number of anilines is 1. The second kappa shape index (κ2) is 9.12.